The van der Waals surface area contributed by atoms with Crippen molar-refractivity contribution in [2.75, 3.05) is 13.2 Å². The van der Waals surface area contributed by atoms with Crippen LogP contribution in [0.1, 0.15) is 124 Å². The summed E-state index contributed by atoms with van der Waals surface area (Å²) in [4.78, 5) is 0. The van der Waals surface area contributed by atoms with Crippen LogP contribution in [-0.4, -0.2) is 53.5 Å². The molecule has 6 unspecified atom stereocenters. The van der Waals surface area contributed by atoms with Gasteiger partial charge in [0, 0.05) is 13.2 Å². The predicted octanol–water partition coefficient (Wildman–Crippen LogP) is 5.87. The maximum absolute atomic E-state index is 12.9. The van der Waals surface area contributed by atoms with Crippen LogP contribution < -0.4 is 0 Å². The zero-order chi connectivity index (χ0) is 24.5. The van der Waals surface area contributed by atoms with Gasteiger partial charge in [0.1, 0.15) is 21.0 Å². The topological polar surface area (TPSA) is 86.6 Å². The highest BCUT2D eigenvalue weighted by Gasteiger charge is 2.40. The van der Waals surface area contributed by atoms with Crippen LogP contribution in [0, 0.1) is 10.8 Å². The van der Waals surface area contributed by atoms with E-state index >= 15 is 0 Å². The molecule has 33 heavy (non-hydrogen) atoms. The summed E-state index contributed by atoms with van der Waals surface area (Å²) >= 11 is -1.40. The van der Waals surface area contributed by atoms with Crippen LogP contribution in [0.3, 0.4) is 0 Å². The quantitative estimate of drug-likeness (QED) is 0.203. The number of hydrogen-bond acceptors (Lipinski definition) is 4. The summed E-state index contributed by atoms with van der Waals surface area (Å²) in [6.45, 7) is 8.90. The molecule has 0 radical (unpaired) electrons. The summed E-state index contributed by atoms with van der Waals surface area (Å²) in [5.74, 6) is 0. The Morgan fingerprint density at radius 3 is 1.18 bits per heavy atom. The average Bonchev–Trinajstić information content (AvgIpc) is 3.31. The summed E-state index contributed by atoms with van der Waals surface area (Å²) in [6.07, 6.45) is 16.2. The fraction of sp³-hybridized carbons (Fsp3) is 1.00. The summed E-state index contributed by atoms with van der Waals surface area (Å²) in [5.41, 5.74) is 0.0149. The molecule has 2 aliphatic heterocycles. The molecule has 4 nitrogen and oxygen atoms in total. The van der Waals surface area contributed by atoms with Gasteiger partial charge in [-0.25, -0.2) is 0 Å². The maximum atomic E-state index is 12.9. The first-order chi connectivity index (χ1) is 15.6. The molecule has 2 saturated heterocycles. The minimum absolute atomic E-state index is 0.00746. The van der Waals surface area contributed by atoms with Crippen molar-refractivity contribution in [2.24, 2.45) is 10.8 Å². The lowest BCUT2D eigenvalue weighted by atomic mass is 9.88. The Morgan fingerprint density at radius 2 is 0.879 bits per heavy atom. The number of rotatable bonds is 16. The second kappa shape index (κ2) is 14.3. The van der Waals surface area contributed by atoms with Gasteiger partial charge in [0.2, 0.25) is 0 Å². The first-order valence-electron chi connectivity index (χ1n) is 13.6. The first kappa shape index (κ1) is 29.8. The van der Waals surface area contributed by atoms with Crippen LogP contribution in [-0.2, 0) is 22.4 Å². The SMILES string of the molecule is CC(C)(CO)CCCCC1CCC(CCCC2CCC(CCCCC(C)(C)CO)[S+]2[O-])[S+]1[O-]. The van der Waals surface area contributed by atoms with Crippen LogP contribution in [0.2, 0.25) is 0 Å². The van der Waals surface area contributed by atoms with Gasteiger partial charge in [-0.05, 0) is 117 Å². The van der Waals surface area contributed by atoms with Crippen molar-refractivity contribution in [2.45, 2.75) is 145 Å². The molecule has 6 atom stereocenters. The first-order valence-corrected chi connectivity index (χ1v) is 16.1. The van der Waals surface area contributed by atoms with Gasteiger partial charge in [-0.1, -0.05) is 40.5 Å². The molecule has 0 amide bonds. The summed E-state index contributed by atoms with van der Waals surface area (Å²) in [7, 11) is 0. The van der Waals surface area contributed by atoms with Crippen molar-refractivity contribution < 1.29 is 19.3 Å². The maximum Gasteiger partial charge on any atom is 0.116 e. The highest BCUT2D eigenvalue weighted by Crippen LogP contribution is 2.37. The normalized spacial score (nSPS) is 30.9. The standard InChI is InChI=1S/C27H52O4S2/c1-26(2,20-28)18-7-5-10-22-14-16-24(32(22)30)12-9-13-25-17-15-23(33(25)31)11-6-8-19-27(3,4)21-29/h22-25,28-29H,5-21H2,1-4H3. The molecule has 2 aliphatic rings. The number of unbranched alkanes of at least 4 members (excludes halogenated alkanes) is 2. The van der Waals surface area contributed by atoms with E-state index in [2.05, 4.69) is 27.7 Å². The molecule has 2 heterocycles. The Bertz CT molecular complexity index is 496. The zero-order valence-electron chi connectivity index (χ0n) is 21.9. The van der Waals surface area contributed by atoms with Crippen LogP contribution in [0.4, 0.5) is 0 Å². The van der Waals surface area contributed by atoms with Gasteiger partial charge in [-0.3, -0.25) is 0 Å². The van der Waals surface area contributed by atoms with Gasteiger partial charge in [-0.15, -0.1) is 0 Å². The summed E-state index contributed by atoms with van der Waals surface area (Å²) < 4.78 is 25.9. The molecule has 6 heteroatoms. The molecule has 0 aromatic rings. The Labute approximate surface area is 210 Å². The number of hydrogen-bond donors (Lipinski definition) is 2. The van der Waals surface area contributed by atoms with Gasteiger partial charge in [0.25, 0.3) is 0 Å². The lowest BCUT2D eigenvalue weighted by Gasteiger charge is -2.23. The zero-order valence-corrected chi connectivity index (χ0v) is 23.5. The molecule has 0 aromatic carbocycles. The summed E-state index contributed by atoms with van der Waals surface area (Å²) in [5, 5.41) is 20.2. The fourth-order valence-electron chi connectivity index (χ4n) is 5.48. The Hall–Kier alpha value is 0.540. The second-order valence-electron chi connectivity index (χ2n) is 12.4. The van der Waals surface area contributed by atoms with E-state index in [1.165, 1.54) is 0 Å². The van der Waals surface area contributed by atoms with E-state index in [0.29, 0.717) is 21.0 Å². The molecule has 2 fully saturated rings. The summed E-state index contributed by atoms with van der Waals surface area (Å²) in [6, 6.07) is 0. The molecule has 0 aliphatic carbocycles. The Kier molecular flexibility index (Phi) is 12.9. The molecule has 0 spiro atoms. The molecular formula is C27H52O4S2. The highest BCUT2D eigenvalue weighted by atomic mass is 32.2. The van der Waals surface area contributed by atoms with E-state index in [4.69, 9.17) is 0 Å². The molecule has 0 aromatic heterocycles. The minimum atomic E-state index is -0.700. The molecule has 0 bridgehead atoms. The van der Waals surface area contributed by atoms with Crippen LogP contribution in [0.25, 0.3) is 0 Å². The third-order valence-electron chi connectivity index (χ3n) is 8.10. The van der Waals surface area contributed by atoms with Crippen molar-refractivity contribution in [3.63, 3.8) is 0 Å². The van der Waals surface area contributed by atoms with E-state index < -0.39 is 22.4 Å². The molecule has 0 saturated carbocycles. The Balaban J connectivity index is 1.58. The largest absolute Gasteiger partial charge is 0.616 e. The lowest BCUT2D eigenvalue weighted by molar-refractivity contribution is 0.147. The molecular weight excluding hydrogens is 452 g/mol. The van der Waals surface area contributed by atoms with E-state index in [1.54, 1.807) is 0 Å². The van der Waals surface area contributed by atoms with Crippen LogP contribution >= 0.6 is 0 Å². The number of aliphatic hydroxyl groups excluding tert-OH is 2. The second-order valence-corrected chi connectivity index (χ2v) is 16.3. The van der Waals surface area contributed by atoms with Gasteiger partial charge < -0.3 is 19.3 Å². The van der Waals surface area contributed by atoms with Gasteiger partial charge in [-0.2, -0.15) is 0 Å². The van der Waals surface area contributed by atoms with Gasteiger partial charge in [0.05, 0.1) is 0 Å². The van der Waals surface area contributed by atoms with Crippen molar-refractivity contribution >= 4 is 22.4 Å². The van der Waals surface area contributed by atoms with Gasteiger partial charge in [0.15, 0.2) is 0 Å². The Morgan fingerprint density at radius 1 is 0.576 bits per heavy atom. The van der Waals surface area contributed by atoms with Crippen molar-refractivity contribution in [3.05, 3.63) is 0 Å². The lowest BCUT2D eigenvalue weighted by Crippen LogP contribution is -2.25. The third-order valence-corrected chi connectivity index (χ3v) is 12.6. The molecule has 196 valence electrons. The van der Waals surface area contributed by atoms with Crippen LogP contribution in [0.15, 0.2) is 0 Å². The van der Waals surface area contributed by atoms with E-state index in [-0.39, 0.29) is 24.0 Å². The molecule has 2 N–H and O–H groups in total. The molecule has 2 rings (SSSR count). The smallest absolute Gasteiger partial charge is 0.116 e. The van der Waals surface area contributed by atoms with E-state index in [1.807, 2.05) is 0 Å². The number of aliphatic hydroxyl groups is 2. The fourth-order valence-corrected chi connectivity index (χ4v) is 9.64. The average molecular weight is 505 g/mol. The van der Waals surface area contributed by atoms with Crippen molar-refractivity contribution in [3.8, 4) is 0 Å². The monoisotopic (exact) mass is 504 g/mol. The van der Waals surface area contributed by atoms with Crippen molar-refractivity contribution in [1.29, 1.82) is 0 Å². The highest BCUT2D eigenvalue weighted by molar-refractivity contribution is 7.93. The van der Waals surface area contributed by atoms with E-state index in [0.717, 1.165) is 96.3 Å². The third kappa shape index (κ3) is 10.2. The van der Waals surface area contributed by atoms with Gasteiger partial charge >= 0.3 is 0 Å². The predicted molar refractivity (Wildman–Crippen MR) is 142 cm³/mol. The van der Waals surface area contributed by atoms with Crippen LogP contribution in [0.5, 0.6) is 0 Å². The van der Waals surface area contributed by atoms with E-state index in [9.17, 15) is 19.3 Å². The van der Waals surface area contributed by atoms with Crippen molar-refractivity contribution in [1.82, 2.24) is 0 Å². The minimum Gasteiger partial charge on any atom is -0.616 e.